The molecule has 104 valence electrons. The zero-order chi connectivity index (χ0) is 13.0. The van der Waals surface area contributed by atoms with E-state index < -0.39 is 0 Å². The molecule has 2 heterocycles. The van der Waals surface area contributed by atoms with Gasteiger partial charge in [-0.25, -0.2) is 4.98 Å². The molecule has 0 spiro atoms. The maximum atomic E-state index is 8.99. The van der Waals surface area contributed by atoms with Gasteiger partial charge in [-0.3, -0.25) is 0 Å². The van der Waals surface area contributed by atoms with Crippen LogP contribution in [0.1, 0.15) is 16.8 Å². The number of nitrogens with one attached hydrogen (secondary N) is 2. The normalized spacial score (nSPS) is 18.3. The Hall–Kier alpha value is -1.35. The number of anilines is 1. The van der Waals surface area contributed by atoms with Crippen LogP contribution in [0.3, 0.4) is 0 Å². The highest BCUT2D eigenvalue weighted by Gasteiger charge is 2.13. The topological polar surface area (TPSA) is 70.0 Å². The first kappa shape index (κ1) is 15.7. The first-order valence-electron chi connectivity index (χ1n) is 6.15. The molecule has 1 aliphatic heterocycles. The molecule has 0 aliphatic carbocycles. The summed E-state index contributed by atoms with van der Waals surface area (Å²) in [6.07, 6.45) is 0.178. The first-order valence-corrected chi connectivity index (χ1v) is 6.15. The SMILES string of the molecule is Cc1cc(NCC2CNCCO2)nc(C)c1C#N.Cl. The van der Waals surface area contributed by atoms with E-state index in [1.54, 1.807) is 0 Å². The number of halogens is 1. The largest absolute Gasteiger partial charge is 0.374 e. The molecule has 1 unspecified atom stereocenters. The Morgan fingerprint density at radius 2 is 2.37 bits per heavy atom. The number of pyridine rings is 1. The standard InChI is InChI=1S/C13H18N4O.ClH/c1-9-5-13(17-10(2)12(9)6-14)16-8-11-7-15-3-4-18-11;/h5,11,15H,3-4,7-8H2,1-2H3,(H,16,17);1H. The number of aromatic nitrogens is 1. The lowest BCUT2D eigenvalue weighted by atomic mass is 10.1. The quantitative estimate of drug-likeness (QED) is 0.877. The van der Waals surface area contributed by atoms with Crippen molar-refractivity contribution in [3.63, 3.8) is 0 Å². The van der Waals surface area contributed by atoms with Gasteiger partial charge in [0.05, 0.1) is 24.0 Å². The second-order valence-corrected chi connectivity index (χ2v) is 4.47. The van der Waals surface area contributed by atoms with Crippen molar-refractivity contribution in [1.29, 1.82) is 5.26 Å². The van der Waals surface area contributed by atoms with E-state index in [1.807, 2.05) is 19.9 Å². The van der Waals surface area contributed by atoms with Gasteiger partial charge in [0, 0.05) is 19.6 Å². The molecule has 2 N–H and O–H groups in total. The fourth-order valence-electron chi connectivity index (χ4n) is 2.06. The summed E-state index contributed by atoms with van der Waals surface area (Å²) in [5.41, 5.74) is 2.38. The average molecular weight is 283 g/mol. The predicted octanol–water partition coefficient (Wildman–Crippen LogP) is 1.39. The Labute approximate surface area is 119 Å². The second-order valence-electron chi connectivity index (χ2n) is 4.47. The van der Waals surface area contributed by atoms with Crippen LogP contribution < -0.4 is 10.6 Å². The van der Waals surface area contributed by atoms with Gasteiger partial charge in [-0.15, -0.1) is 12.4 Å². The number of nitriles is 1. The van der Waals surface area contributed by atoms with Crippen LogP contribution in [-0.2, 0) is 4.74 Å². The Kier molecular flexibility index (Phi) is 6.03. The molecule has 5 nitrogen and oxygen atoms in total. The van der Waals surface area contributed by atoms with Crippen LogP contribution in [0.25, 0.3) is 0 Å². The molecule has 2 rings (SSSR count). The molecule has 0 aromatic carbocycles. The van der Waals surface area contributed by atoms with Crippen molar-refractivity contribution in [2.45, 2.75) is 20.0 Å². The maximum Gasteiger partial charge on any atom is 0.126 e. The third kappa shape index (κ3) is 4.06. The number of hydrogen-bond acceptors (Lipinski definition) is 5. The highest BCUT2D eigenvalue weighted by molar-refractivity contribution is 5.85. The van der Waals surface area contributed by atoms with Gasteiger partial charge in [0.1, 0.15) is 11.9 Å². The molecule has 1 atom stereocenters. The van der Waals surface area contributed by atoms with Crippen LogP contribution in [0.2, 0.25) is 0 Å². The third-order valence-electron chi connectivity index (χ3n) is 3.02. The van der Waals surface area contributed by atoms with Crippen LogP contribution in [0.15, 0.2) is 6.07 Å². The summed E-state index contributed by atoms with van der Waals surface area (Å²) in [6.45, 7) is 7.05. The Balaban J connectivity index is 0.00000180. The second kappa shape index (κ2) is 7.29. The highest BCUT2D eigenvalue weighted by atomic mass is 35.5. The van der Waals surface area contributed by atoms with Gasteiger partial charge < -0.3 is 15.4 Å². The van der Waals surface area contributed by atoms with Crippen molar-refractivity contribution in [2.24, 2.45) is 0 Å². The van der Waals surface area contributed by atoms with Crippen molar-refractivity contribution in [3.05, 3.63) is 22.9 Å². The zero-order valence-corrected chi connectivity index (χ0v) is 12.0. The van der Waals surface area contributed by atoms with Gasteiger partial charge in [0.25, 0.3) is 0 Å². The van der Waals surface area contributed by atoms with Gasteiger partial charge in [-0.1, -0.05) is 0 Å². The molecule has 0 bridgehead atoms. The Bertz CT molecular complexity index is 443. The maximum absolute atomic E-state index is 8.99. The molecule has 19 heavy (non-hydrogen) atoms. The lowest BCUT2D eigenvalue weighted by Gasteiger charge is -2.24. The predicted molar refractivity (Wildman–Crippen MR) is 76.8 cm³/mol. The van der Waals surface area contributed by atoms with E-state index in [-0.39, 0.29) is 18.5 Å². The van der Waals surface area contributed by atoms with Crippen LogP contribution in [0.4, 0.5) is 5.82 Å². The molecule has 1 aromatic heterocycles. The molecule has 1 aromatic rings. The van der Waals surface area contributed by atoms with E-state index in [4.69, 9.17) is 10.00 Å². The van der Waals surface area contributed by atoms with Gasteiger partial charge in [-0.2, -0.15) is 5.26 Å². The van der Waals surface area contributed by atoms with Crippen molar-refractivity contribution >= 4 is 18.2 Å². The number of aryl methyl sites for hydroxylation is 2. The Morgan fingerprint density at radius 3 is 2.95 bits per heavy atom. The summed E-state index contributed by atoms with van der Waals surface area (Å²) < 4.78 is 5.60. The lowest BCUT2D eigenvalue weighted by Crippen LogP contribution is -2.42. The molecule has 0 saturated carbocycles. The van der Waals surface area contributed by atoms with Gasteiger partial charge in [0.15, 0.2) is 0 Å². The van der Waals surface area contributed by atoms with Gasteiger partial charge in [0.2, 0.25) is 0 Å². The molecule has 1 saturated heterocycles. The molecular weight excluding hydrogens is 264 g/mol. The Morgan fingerprint density at radius 1 is 1.58 bits per heavy atom. The van der Waals surface area contributed by atoms with Crippen LogP contribution >= 0.6 is 12.4 Å². The summed E-state index contributed by atoms with van der Waals surface area (Å²) in [6, 6.07) is 4.08. The van der Waals surface area contributed by atoms with E-state index in [9.17, 15) is 0 Å². The smallest absolute Gasteiger partial charge is 0.126 e. The van der Waals surface area contributed by atoms with Crippen molar-refractivity contribution in [3.8, 4) is 6.07 Å². The van der Waals surface area contributed by atoms with Crippen molar-refractivity contribution in [1.82, 2.24) is 10.3 Å². The summed E-state index contributed by atoms with van der Waals surface area (Å²) in [4.78, 5) is 4.38. The highest BCUT2D eigenvalue weighted by Crippen LogP contribution is 2.15. The third-order valence-corrected chi connectivity index (χ3v) is 3.02. The number of rotatable bonds is 3. The first-order chi connectivity index (χ1) is 8.70. The number of ether oxygens (including phenoxy) is 1. The van der Waals surface area contributed by atoms with E-state index in [1.165, 1.54) is 0 Å². The lowest BCUT2D eigenvalue weighted by molar-refractivity contribution is 0.0372. The van der Waals surface area contributed by atoms with Crippen LogP contribution in [-0.4, -0.2) is 37.3 Å². The molecule has 1 fully saturated rings. The van der Waals surface area contributed by atoms with E-state index in [0.29, 0.717) is 5.56 Å². The zero-order valence-electron chi connectivity index (χ0n) is 11.2. The fourth-order valence-corrected chi connectivity index (χ4v) is 2.06. The van der Waals surface area contributed by atoms with Gasteiger partial charge in [-0.05, 0) is 25.5 Å². The number of hydrogen-bond donors (Lipinski definition) is 2. The summed E-state index contributed by atoms with van der Waals surface area (Å²) in [5, 5.41) is 15.5. The molecular formula is C13H19ClN4O. The van der Waals surface area contributed by atoms with Crippen LogP contribution in [0.5, 0.6) is 0 Å². The monoisotopic (exact) mass is 282 g/mol. The number of morpholine rings is 1. The fraction of sp³-hybridized carbons (Fsp3) is 0.538. The summed E-state index contributed by atoms with van der Waals surface area (Å²) in [5.74, 6) is 0.804. The van der Waals surface area contributed by atoms with Crippen molar-refractivity contribution in [2.75, 3.05) is 31.6 Å². The number of nitrogens with zero attached hydrogens (tertiary/aromatic N) is 2. The minimum absolute atomic E-state index is 0. The minimum Gasteiger partial charge on any atom is -0.374 e. The van der Waals surface area contributed by atoms with Crippen LogP contribution in [0, 0.1) is 25.2 Å². The molecule has 6 heteroatoms. The van der Waals surface area contributed by atoms with E-state index >= 15 is 0 Å². The molecule has 1 aliphatic rings. The minimum atomic E-state index is 0. The van der Waals surface area contributed by atoms with E-state index in [0.717, 1.165) is 43.3 Å². The summed E-state index contributed by atoms with van der Waals surface area (Å²) >= 11 is 0. The molecule has 0 radical (unpaired) electrons. The average Bonchev–Trinajstić information content (AvgIpc) is 2.37. The molecule has 0 amide bonds. The van der Waals surface area contributed by atoms with Crippen molar-refractivity contribution < 1.29 is 4.74 Å². The van der Waals surface area contributed by atoms with Gasteiger partial charge >= 0.3 is 0 Å². The summed E-state index contributed by atoms with van der Waals surface area (Å²) in [7, 11) is 0. The van der Waals surface area contributed by atoms with E-state index in [2.05, 4.69) is 21.7 Å².